The van der Waals surface area contributed by atoms with Crippen molar-refractivity contribution in [3.63, 3.8) is 0 Å². The topological polar surface area (TPSA) is 21.7 Å². The van der Waals surface area contributed by atoms with Crippen molar-refractivity contribution in [1.82, 2.24) is 0 Å². The predicted molar refractivity (Wildman–Crippen MR) is 109 cm³/mol. The third-order valence-electron chi connectivity index (χ3n) is 6.25. The minimum Gasteiger partial charge on any atom is -0.399 e. The third-order valence-corrected chi connectivity index (χ3v) is 6.25. The fourth-order valence-electron chi connectivity index (χ4n) is 3.90. The van der Waals surface area contributed by atoms with Crippen molar-refractivity contribution in [2.45, 2.75) is 58.7 Å². The maximum absolute atomic E-state index is 6.24. The molecule has 0 saturated carbocycles. The number of benzene rings is 2. The Morgan fingerprint density at radius 2 is 1.38 bits per heavy atom. The minimum atomic E-state index is -0.311. The van der Waals surface area contributed by atoms with E-state index in [0.717, 1.165) is 18.3 Å². The molecular weight excluding hydrogens is 321 g/mol. The summed E-state index contributed by atoms with van der Waals surface area (Å²) in [5.74, 6) is 0. The lowest BCUT2D eigenvalue weighted by atomic mass is 9.78. The van der Waals surface area contributed by atoms with E-state index >= 15 is 0 Å². The second-order valence-corrected chi connectivity index (χ2v) is 8.67. The summed E-state index contributed by atoms with van der Waals surface area (Å²) in [7, 11) is 1.86. The number of fused-ring (bicyclic) bond motifs is 2. The Bertz CT molecular complexity index is 843. The second-order valence-electron chi connectivity index (χ2n) is 8.67. The molecular formula is C22H28BNO2. The molecule has 2 aromatic rings. The summed E-state index contributed by atoms with van der Waals surface area (Å²) in [6, 6.07) is 13.4. The zero-order valence-corrected chi connectivity index (χ0v) is 16.7. The largest absolute Gasteiger partial charge is 0.494 e. The standard InChI is InChI=1S/C22H28BNO2/c1-15-7-11-19-16(13-15)8-9-17-14-18(10-12-20(17)24(19)6)23-25-21(2,3)22(4,5)26-23/h7,10-14H,8-9H2,1-6H3. The fourth-order valence-corrected chi connectivity index (χ4v) is 3.90. The van der Waals surface area contributed by atoms with Crippen LogP contribution in [0.4, 0.5) is 11.4 Å². The van der Waals surface area contributed by atoms with E-state index in [2.05, 4.69) is 83.0 Å². The van der Waals surface area contributed by atoms with Crippen molar-refractivity contribution >= 4 is 24.0 Å². The maximum Gasteiger partial charge on any atom is 0.494 e. The van der Waals surface area contributed by atoms with Gasteiger partial charge < -0.3 is 14.2 Å². The van der Waals surface area contributed by atoms with Crippen molar-refractivity contribution in [2.75, 3.05) is 11.9 Å². The minimum absolute atomic E-state index is 0.302. The van der Waals surface area contributed by atoms with Crippen LogP contribution in [0.25, 0.3) is 0 Å². The zero-order chi connectivity index (χ0) is 18.7. The Balaban J connectivity index is 1.68. The third kappa shape index (κ3) is 2.76. The van der Waals surface area contributed by atoms with Crippen LogP contribution in [0.5, 0.6) is 0 Å². The van der Waals surface area contributed by atoms with E-state index in [1.807, 2.05) is 0 Å². The zero-order valence-electron chi connectivity index (χ0n) is 16.7. The van der Waals surface area contributed by atoms with Crippen LogP contribution in [-0.2, 0) is 22.2 Å². The lowest BCUT2D eigenvalue weighted by Gasteiger charge is -2.32. The van der Waals surface area contributed by atoms with Crippen molar-refractivity contribution in [1.29, 1.82) is 0 Å². The van der Waals surface area contributed by atoms with Crippen molar-refractivity contribution < 1.29 is 9.31 Å². The van der Waals surface area contributed by atoms with E-state index in [9.17, 15) is 0 Å². The van der Waals surface area contributed by atoms with Gasteiger partial charge in [0.2, 0.25) is 0 Å². The Hall–Kier alpha value is -1.78. The van der Waals surface area contributed by atoms with E-state index in [1.54, 1.807) is 0 Å². The monoisotopic (exact) mass is 349 g/mol. The van der Waals surface area contributed by atoms with Crippen LogP contribution in [0.1, 0.15) is 44.4 Å². The van der Waals surface area contributed by atoms with E-state index in [1.165, 1.54) is 28.1 Å². The van der Waals surface area contributed by atoms with E-state index in [0.29, 0.717) is 0 Å². The molecule has 0 unspecified atom stereocenters. The van der Waals surface area contributed by atoms with Gasteiger partial charge in [0.25, 0.3) is 0 Å². The van der Waals surface area contributed by atoms with Gasteiger partial charge in [0.1, 0.15) is 0 Å². The van der Waals surface area contributed by atoms with Crippen LogP contribution in [0, 0.1) is 6.92 Å². The number of aryl methyl sites for hydroxylation is 3. The molecule has 1 fully saturated rings. The van der Waals surface area contributed by atoms with Gasteiger partial charge in [-0.15, -0.1) is 0 Å². The Morgan fingerprint density at radius 1 is 0.846 bits per heavy atom. The average molecular weight is 349 g/mol. The number of hydrogen-bond donors (Lipinski definition) is 0. The van der Waals surface area contributed by atoms with Crippen molar-refractivity contribution in [3.8, 4) is 0 Å². The quantitative estimate of drug-likeness (QED) is 0.722. The molecule has 0 spiro atoms. The lowest BCUT2D eigenvalue weighted by molar-refractivity contribution is 0.00578. The normalized spacial score (nSPS) is 20.5. The van der Waals surface area contributed by atoms with Crippen LogP contribution < -0.4 is 10.4 Å². The molecule has 136 valence electrons. The summed E-state index contributed by atoms with van der Waals surface area (Å²) < 4.78 is 12.5. The summed E-state index contributed by atoms with van der Waals surface area (Å²) in [4.78, 5) is 2.31. The molecule has 0 N–H and O–H groups in total. The van der Waals surface area contributed by atoms with Crippen LogP contribution in [0.15, 0.2) is 36.4 Å². The molecule has 4 rings (SSSR count). The molecule has 0 atom stereocenters. The SMILES string of the molecule is Cc1ccc2c(c1)CCc1cc(B3OC(C)(C)C(C)(C)O3)ccc1N2C. The molecule has 0 bridgehead atoms. The molecule has 4 heteroatoms. The molecule has 0 aromatic heterocycles. The van der Waals surface area contributed by atoms with E-state index in [4.69, 9.17) is 9.31 Å². The fraction of sp³-hybridized carbons (Fsp3) is 0.455. The highest BCUT2D eigenvalue weighted by Crippen LogP contribution is 2.38. The molecule has 0 amide bonds. The molecule has 3 nitrogen and oxygen atoms in total. The highest BCUT2D eigenvalue weighted by atomic mass is 16.7. The second kappa shape index (κ2) is 5.87. The molecule has 2 aliphatic heterocycles. The summed E-state index contributed by atoms with van der Waals surface area (Å²) in [5, 5.41) is 0. The van der Waals surface area contributed by atoms with Crippen LogP contribution >= 0.6 is 0 Å². The van der Waals surface area contributed by atoms with Gasteiger partial charge in [0.15, 0.2) is 0 Å². The Morgan fingerprint density at radius 3 is 2.00 bits per heavy atom. The molecule has 1 saturated heterocycles. The van der Waals surface area contributed by atoms with Crippen LogP contribution in [0.2, 0.25) is 0 Å². The van der Waals surface area contributed by atoms with Gasteiger partial charge in [-0.05, 0) is 76.2 Å². The first-order valence-electron chi connectivity index (χ1n) is 9.50. The van der Waals surface area contributed by atoms with Gasteiger partial charge in [-0.2, -0.15) is 0 Å². The average Bonchev–Trinajstić information content (AvgIpc) is 2.71. The number of rotatable bonds is 1. The molecule has 2 aliphatic rings. The highest BCUT2D eigenvalue weighted by Gasteiger charge is 2.51. The maximum atomic E-state index is 6.24. The summed E-state index contributed by atoms with van der Waals surface area (Å²) in [6.07, 6.45) is 2.09. The van der Waals surface area contributed by atoms with E-state index in [-0.39, 0.29) is 18.3 Å². The molecule has 0 radical (unpaired) electrons. The van der Waals surface area contributed by atoms with Gasteiger partial charge in [-0.3, -0.25) is 0 Å². The van der Waals surface area contributed by atoms with Crippen LogP contribution in [0.3, 0.4) is 0 Å². The molecule has 2 heterocycles. The lowest BCUT2D eigenvalue weighted by Crippen LogP contribution is -2.41. The number of nitrogens with zero attached hydrogens (tertiary/aromatic N) is 1. The van der Waals surface area contributed by atoms with Gasteiger partial charge in [0, 0.05) is 18.4 Å². The Labute approximate surface area is 157 Å². The smallest absolute Gasteiger partial charge is 0.399 e. The first-order valence-corrected chi connectivity index (χ1v) is 9.50. The molecule has 0 aliphatic carbocycles. The number of hydrogen-bond acceptors (Lipinski definition) is 3. The van der Waals surface area contributed by atoms with Gasteiger partial charge in [0.05, 0.1) is 11.2 Å². The summed E-state index contributed by atoms with van der Waals surface area (Å²) in [6.45, 7) is 10.6. The van der Waals surface area contributed by atoms with E-state index < -0.39 is 0 Å². The molecule has 26 heavy (non-hydrogen) atoms. The number of anilines is 2. The van der Waals surface area contributed by atoms with Crippen LogP contribution in [-0.4, -0.2) is 25.4 Å². The first kappa shape index (κ1) is 17.6. The van der Waals surface area contributed by atoms with Crippen molar-refractivity contribution in [3.05, 3.63) is 53.1 Å². The summed E-state index contributed by atoms with van der Waals surface area (Å²) >= 11 is 0. The highest BCUT2D eigenvalue weighted by molar-refractivity contribution is 6.62. The predicted octanol–water partition coefficient (Wildman–Crippen LogP) is 4.16. The van der Waals surface area contributed by atoms with Gasteiger partial charge >= 0.3 is 7.12 Å². The summed E-state index contributed by atoms with van der Waals surface area (Å²) in [5.41, 5.74) is 7.16. The van der Waals surface area contributed by atoms with Crippen molar-refractivity contribution in [2.24, 2.45) is 0 Å². The van der Waals surface area contributed by atoms with Gasteiger partial charge in [-0.25, -0.2) is 0 Å². The first-order chi connectivity index (χ1) is 12.2. The van der Waals surface area contributed by atoms with Gasteiger partial charge in [-0.1, -0.05) is 29.8 Å². The molecule has 2 aromatic carbocycles. The Kier molecular flexibility index (Phi) is 3.98.